The maximum Gasteiger partial charge on any atom is 0.339 e. The van der Waals surface area contributed by atoms with Crippen LogP contribution in [0.25, 0.3) is 0 Å². The number of furan rings is 1. The summed E-state index contributed by atoms with van der Waals surface area (Å²) in [6.07, 6.45) is 1.44. The molecule has 0 aliphatic rings. The number of hydrogen-bond donors (Lipinski definition) is 3. The molecule has 0 aromatic carbocycles. The monoisotopic (exact) mass is 248 g/mol. The molecule has 0 spiro atoms. The fourth-order valence-electron chi connectivity index (χ4n) is 1.64. The van der Waals surface area contributed by atoms with Crippen LogP contribution in [0.5, 0.6) is 0 Å². The van der Waals surface area contributed by atoms with Crippen LogP contribution in [-0.4, -0.2) is 22.0 Å². The van der Waals surface area contributed by atoms with E-state index in [1.165, 1.54) is 12.3 Å². The second-order valence-electron chi connectivity index (χ2n) is 3.87. The lowest BCUT2D eigenvalue weighted by Gasteiger charge is -2.02. The highest BCUT2D eigenvalue weighted by Gasteiger charge is 2.18. The first-order valence-electron chi connectivity index (χ1n) is 5.28. The van der Waals surface area contributed by atoms with E-state index in [0.717, 1.165) is 0 Å². The average Bonchev–Trinajstić information content (AvgIpc) is 2.85. The summed E-state index contributed by atoms with van der Waals surface area (Å²) in [6, 6.07) is 3.19. The second kappa shape index (κ2) is 4.40. The molecule has 18 heavy (non-hydrogen) atoms. The molecule has 0 fully saturated rings. The van der Waals surface area contributed by atoms with Crippen molar-refractivity contribution in [3.05, 3.63) is 41.1 Å². The lowest BCUT2D eigenvalue weighted by Crippen LogP contribution is -2.13. The largest absolute Gasteiger partial charge is 0.478 e. The Morgan fingerprint density at radius 2 is 2.06 bits per heavy atom. The van der Waals surface area contributed by atoms with E-state index >= 15 is 0 Å². The van der Waals surface area contributed by atoms with Crippen LogP contribution in [0.2, 0.25) is 0 Å². The van der Waals surface area contributed by atoms with Gasteiger partial charge in [0.1, 0.15) is 11.3 Å². The van der Waals surface area contributed by atoms with E-state index in [9.17, 15) is 9.59 Å². The molecular formula is C12H12N2O4. The molecule has 2 aromatic rings. The number of anilines is 1. The number of aromatic nitrogens is 1. The van der Waals surface area contributed by atoms with Crippen molar-refractivity contribution in [2.75, 3.05) is 5.32 Å². The quantitative estimate of drug-likeness (QED) is 0.775. The minimum absolute atomic E-state index is 0.0478. The topological polar surface area (TPSA) is 95.3 Å². The number of rotatable bonds is 3. The molecule has 0 saturated carbocycles. The van der Waals surface area contributed by atoms with Gasteiger partial charge in [0.25, 0.3) is 5.91 Å². The van der Waals surface area contributed by atoms with E-state index in [1.54, 1.807) is 19.9 Å². The first kappa shape index (κ1) is 12.0. The molecule has 94 valence electrons. The Bertz CT molecular complexity index is 609. The normalized spacial score (nSPS) is 10.3. The van der Waals surface area contributed by atoms with E-state index in [2.05, 4.69) is 10.3 Å². The first-order valence-corrected chi connectivity index (χ1v) is 5.28. The Balaban J connectivity index is 2.25. The second-order valence-corrected chi connectivity index (χ2v) is 3.87. The Labute approximate surface area is 103 Å². The summed E-state index contributed by atoms with van der Waals surface area (Å²) in [4.78, 5) is 25.6. The molecule has 2 rings (SSSR count). The van der Waals surface area contributed by atoms with Crippen molar-refractivity contribution in [3.8, 4) is 0 Å². The van der Waals surface area contributed by atoms with Gasteiger partial charge in [-0.3, -0.25) is 4.79 Å². The molecule has 6 heteroatoms. The summed E-state index contributed by atoms with van der Waals surface area (Å²) in [5.41, 5.74) is 0.749. The number of amides is 1. The summed E-state index contributed by atoms with van der Waals surface area (Å²) in [6.45, 7) is 3.34. The van der Waals surface area contributed by atoms with E-state index in [1.807, 2.05) is 0 Å². The van der Waals surface area contributed by atoms with Crippen LogP contribution < -0.4 is 5.32 Å². The molecule has 0 radical (unpaired) electrons. The third-order valence-corrected chi connectivity index (χ3v) is 2.50. The SMILES string of the molecule is Cc1ccc(C(=O)Nc2c[nH]c(C)c2C(=O)O)o1. The summed E-state index contributed by atoms with van der Waals surface area (Å²) in [5.74, 6) is -0.823. The van der Waals surface area contributed by atoms with Crippen molar-refractivity contribution in [2.24, 2.45) is 0 Å². The first-order chi connectivity index (χ1) is 8.49. The highest BCUT2D eigenvalue weighted by atomic mass is 16.4. The van der Waals surface area contributed by atoms with Crippen molar-refractivity contribution >= 4 is 17.6 Å². The molecular weight excluding hydrogens is 236 g/mol. The fourth-order valence-corrected chi connectivity index (χ4v) is 1.64. The number of nitrogens with one attached hydrogen (secondary N) is 2. The van der Waals surface area contributed by atoms with Gasteiger partial charge in [-0.05, 0) is 26.0 Å². The molecule has 1 amide bonds. The molecule has 2 aromatic heterocycles. The zero-order chi connectivity index (χ0) is 13.3. The summed E-state index contributed by atoms with van der Waals surface area (Å²) in [7, 11) is 0. The number of aryl methyl sites for hydroxylation is 2. The van der Waals surface area contributed by atoms with Crippen molar-refractivity contribution in [1.82, 2.24) is 4.98 Å². The van der Waals surface area contributed by atoms with Crippen LogP contribution >= 0.6 is 0 Å². The van der Waals surface area contributed by atoms with E-state index in [4.69, 9.17) is 9.52 Å². The van der Waals surface area contributed by atoms with Gasteiger partial charge >= 0.3 is 5.97 Å². The molecule has 0 saturated heterocycles. The Hall–Kier alpha value is -2.50. The van der Waals surface area contributed by atoms with Crippen molar-refractivity contribution < 1.29 is 19.1 Å². The minimum Gasteiger partial charge on any atom is -0.478 e. The molecule has 0 aliphatic heterocycles. The number of aromatic amines is 1. The van der Waals surface area contributed by atoms with Gasteiger partial charge < -0.3 is 19.8 Å². The van der Waals surface area contributed by atoms with Gasteiger partial charge in [0.05, 0.1) is 5.69 Å². The maximum absolute atomic E-state index is 11.8. The predicted octanol–water partition coefficient (Wildman–Crippen LogP) is 2.18. The number of H-pyrrole nitrogens is 1. The summed E-state index contributed by atoms with van der Waals surface area (Å²) in [5, 5.41) is 11.5. The van der Waals surface area contributed by atoms with Gasteiger partial charge in [0.2, 0.25) is 0 Å². The lowest BCUT2D eigenvalue weighted by atomic mass is 10.2. The standard InChI is InChI=1S/C12H12N2O4/c1-6-3-4-9(18-6)11(15)14-8-5-13-7(2)10(8)12(16)17/h3-5,13H,1-2H3,(H,14,15)(H,16,17). The van der Waals surface area contributed by atoms with Crippen molar-refractivity contribution in [1.29, 1.82) is 0 Å². The predicted molar refractivity (Wildman–Crippen MR) is 63.9 cm³/mol. The summed E-state index contributed by atoms with van der Waals surface area (Å²) < 4.78 is 5.15. The Kier molecular flexibility index (Phi) is 2.93. The Morgan fingerprint density at radius 1 is 1.33 bits per heavy atom. The van der Waals surface area contributed by atoms with Gasteiger partial charge in [-0.2, -0.15) is 0 Å². The summed E-state index contributed by atoms with van der Waals surface area (Å²) >= 11 is 0. The van der Waals surface area contributed by atoms with E-state index in [0.29, 0.717) is 11.5 Å². The van der Waals surface area contributed by atoms with Crippen LogP contribution in [0, 0.1) is 13.8 Å². The Morgan fingerprint density at radius 3 is 2.61 bits per heavy atom. The van der Waals surface area contributed by atoms with Gasteiger partial charge in [-0.15, -0.1) is 0 Å². The molecule has 0 bridgehead atoms. The average molecular weight is 248 g/mol. The van der Waals surface area contributed by atoms with Crippen LogP contribution in [-0.2, 0) is 0 Å². The van der Waals surface area contributed by atoms with Crippen LogP contribution in [0.3, 0.4) is 0 Å². The van der Waals surface area contributed by atoms with Crippen molar-refractivity contribution in [3.63, 3.8) is 0 Å². The van der Waals surface area contributed by atoms with Gasteiger partial charge in [0.15, 0.2) is 5.76 Å². The molecule has 0 unspecified atom stereocenters. The van der Waals surface area contributed by atoms with Gasteiger partial charge in [-0.25, -0.2) is 4.79 Å². The molecule has 6 nitrogen and oxygen atoms in total. The zero-order valence-electron chi connectivity index (χ0n) is 9.90. The number of carboxylic acid groups (broad SMARTS) is 1. The smallest absolute Gasteiger partial charge is 0.339 e. The third-order valence-electron chi connectivity index (χ3n) is 2.50. The number of carboxylic acids is 1. The van der Waals surface area contributed by atoms with Gasteiger partial charge in [-0.1, -0.05) is 0 Å². The third kappa shape index (κ3) is 2.13. The van der Waals surface area contributed by atoms with Crippen LogP contribution in [0.15, 0.2) is 22.7 Å². The van der Waals surface area contributed by atoms with E-state index < -0.39 is 11.9 Å². The maximum atomic E-state index is 11.8. The minimum atomic E-state index is -1.10. The zero-order valence-corrected chi connectivity index (χ0v) is 9.90. The fraction of sp³-hybridized carbons (Fsp3) is 0.167. The van der Waals surface area contributed by atoms with Crippen molar-refractivity contribution in [2.45, 2.75) is 13.8 Å². The molecule has 0 aliphatic carbocycles. The van der Waals surface area contributed by atoms with E-state index in [-0.39, 0.29) is 17.0 Å². The lowest BCUT2D eigenvalue weighted by molar-refractivity contribution is 0.0697. The number of hydrogen-bond acceptors (Lipinski definition) is 3. The van der Waals surface area contributed by atoms with Crippen LogP contribution in [0.4, 0.5) is 5.69 Å². The molecule has 3 N–H and O–H groups in total. The van der Waals surface area contributed by atoms with Crippen LogP contribution in [0.1, 0.15) is 32.4 Å². The molecule has 0 atom stereocenters. The highest BCUT2D eigenvalue weighted by molar-refractivity contribution is 6.06. The number of carbonyl (C=O) groups is 2. The number of aromatic carboxylic acids is 1. The number of carbonyl (C=O) groups excluding carboxylic acids is 1. The highest BCUT2D eigenvalue weighted by Crippen LogP contribution is 2.20. The van der Waals surface area contributed by atoms with Gasteiger partial charge in [0, 0.05) is 11.9 Å². The molecule has 2 heterocycles.